The Kier molecular flexibility index (Phi) is 4.04. The third-order valence-electron chi connectivity index (χ3n) is 4.23. The number of ether oxygens (including phenoxy) is 1. The summed E-state index contributed by atoms with van der Waals surface area (Å²) in [6, 6.07) is 17.2. The fourth-order valence-electron chi connectivity index (χ4n) is 3.11. The average molecular weight is 361 g/mol. The molecular formula is C20H15N3O4. The third-order valence-corrected chi connectivity index (χ3v) is 4.23. The Labute approximate surface area is 153 Å². The van der Waals surface area contributed by atoms with Gasteiger partial charge in [-0.25, -0.2) is 23.4 Å². The van der Waals surface area contributed by atoms with E-state index in [2.05, 4.69) is 4.98 Å². The standard InChI is InChI=1S/C20H15N3O4/c1-2-27-18(24)16-14-11-7-4-8-12-15(14)23-17(16)21-19(25)22(20(23)26)13-9-5-3-6-10-13/h3-12H,2H2,1H3. The second kappa shape index (κ2) is 6.53. The third kappa shape index (κ3) is 2.60. The number of hydrogen-bond donors (Lipinski definition) is 0. The summed E-state index contributed by atoms with van der Waals surface area (Å²) >= 11 is 0. The van der Waals surface area contributed by atoms with Crippen molar-refractivity contribution in [1.82, 2.24) is 14.0 Å². The first-order valence-corrected chi connectivity index (χ1v) is 8.42. The second-order valence-corrected chi connectivity index (χ2v) is 5.81. The maximum absolute atomic E-state index is 13.2. The van der Waals surface area contributed by atoms with Crippen LogP contribution in [0.5, 0.6) is 0 Å². The smallest absolute Gasteiger partial charge is 0.358 e. The molecule has 4 aromatic rings. The number of rotatable bonds is 3. The van der Waals surface area contributed by atoms with Crippen LogP contribution in [0.2, 0.25) is 0 Å². The maximum atomic E-state index is 13.2. The topological polar surface area (TPSA) is 82.7 Å². The summed E-state index contributed by atoms with van der Waals surface area (Å²) < 4.78 is 7.38. The van der Waals surface area contributed by atoms with Gasteiger partial charge in [-0.2, -0.15) is 4.98 Å². The molecule has 4 rings (SSSR count). The number of nitrogens with zero attached hydrogens (tertiary/aromatic N) is 3. The number of para-hydroxylation sites is 1. The Morgan fingerprint density at radius 1 is 1.00 bits per heavy atom. The lowest BCUT2D eigenvalue weighted by atomic mass is 10.2. The molecule has 0 saturated heterocycles. The first kappa shape index (κ1) is 16.7. The van der Waals surface area contributed by atoms with E-state index in [0.29, 0.717) is 16.6 Å². The van der Waals surface area contributed by atoms with E-state index in [4.69, 9.17) is 4.74 Å². The van der Waals surface area contributed by atoms with Gasteiger partial charge in [0.05, 0.1) is 17.8 Å². The Morgan fingerprint density at radius 2 is 1.67 bits per heavy atom. The summed E-state index contributed by atoms with van der Waals surface area (Å²) in [4.78, 5) is 42.4. The molecule has 27 heavy (non-hydrogen) atoms. The molecule has 0 unspecified atom stereocenters. The first-order valence-electron chi connectivity index (χ1n) is 8.42. The van der Waals surface area contributed by atoms with Gasteiger partial charge in [-0.05, 0) is 25.1 Å². The van der Waals surface area contributed by atoms with Gasteiger partial charge in [-0.1, -0.05) is 42.5 Å². The van der Waals surface area contributed by atoms with Crippen molar-refractivity contribution < 1.29 is 9.53 Å². The molecule has 0 radical (unpaired) electrons. The highest BCUT2D eigenvalue weighted by atomic mass is 16.5. The number of carbonyl (C=O) groups is 1. The highest BCUT2D eigenvalue weighted by molar-refractivity contribution is 6.10. The van der Waals surface area contributed by atoms with Crippen molar-refractivity contribution >= 4 is 22.5 Å². The molecule has 0 fully saturated rings. The summed E-state index contributed by atoms with van der Waals surface area (Å²) in [5.41, 5.74) is -0.365. The number of aromatic nitrogens is 3. The van der Waals surface area contributed by atoms with Gasteiger partial charge in [0.25, 0.3) is 0 Å². The minimum absolute atomic E-state index is 0.00293. The van der Waals surface area contributed by atoms with Crippen LogP contribution in [0.15, 0.2) is 70.3 Å². The normalized spacial score (nSPS) is 11.0. The zero-order valence-electron chi connectivity index (χ0n) is 14.5. The van der Waals surface area contributed by atoms with Crippen LogP contribution in [-0.2, 0) is 4.74 Å². The summed E-state index contributed by atoms with van der Waals surface area (Å²) in [5, 5.41) is 0.494. The van der Waals surface area contributed by atoms with Crippen LogP contribution in [0.4, 0.5) is 0 Å². The molecule has 2 heterocycles. The molecule has 0 spiro atoms. The molecule has 2 aromatic carbocycles. The second-order valence-electron chi connectivity index (χ2n) is 5.81. The molecular weight excluding hydrogens is 346 g/mol. The van der Waals surface area contributed by atoms with E-state index in [1.807, 2.05) is 0 Å². The summed E-state index contributed by atoms with van der Waals surface area (Å²) in [6.45, 7) is 1.86. The van der Waals surface area contributed by atoms with Gasteiger partial charge in [-0.3, -0.25) is 0 Å². The lowest BCUT2D eigenvalue weighted by Crippen LogP contribution is -2.37. The van der Waals surface area contributed by atoms with Crippen LogP contribution in [0.1, 0.15) is 17.3 Å². The quantitative estimate of drug-likeness (QED) is 0.522. The van der Waals surface area contributed by atoms with Gasteiger partial charge in [0.15, 0.2) is 5.65 Å². The van der Waals surface area contributed by atoms with Crippen molar-refractivity contribution in [2.75, 3.05) is 6.61 Å². The molecule has 0 aliphatic rings. The fraction of sp³-hybridized carbons (Fsp3) is 0.100. The molecule has 0 aliphatic carbocycles. The molecule has 134 valence electrons. The predicted octanol–water partition coefficient (Wildman–Crippen LogP) is 2.18. The molecule has 0 amide bonds. The van der Waals surface area contributed by atoms with Crippen LogP contribution < -0.4 is 11.4 Å². The van der Waals surface area contributed by atoms with E-state index in [1.54, 1.807) is 67.6 Å². The van der Waals surface area contributed by atoms with Crippen LogP contribution in [0.3, 0.4) is 0 Å². The van der Waals surface area contributed by atoms with E-state index in [-0.39, 0.29) is 17.8 Å². The van der Waals surface area contributed by atoms with Gasteiger partial charge in [-0.15, -0.1) is 0 Å². The van der Waals surface area contributed by atoms with Gasteiger partial charge < -0.3 is 4.74 Å². The minimum atomic E-state index is -0.753. The van der Waals surface area contributed by atoms with Crippen LogP contribution >= 0.6 is 0 Å². The van der Waals surface area contributed by atoms with E-state index in [0.717, 1.165) is 4.57 Å². The van der Waals surface area contributed by atoms with Gasteiger partial charge in [0.1, 0.15) is 5.56 Å². The first-order chi connectivity index (χ1) is 13.1. The summed E-state index contributed by atoms with van der Waals surface area (Å²) in [7, 11) is 0. The lowest BCUT2D eigenvalue weighted by Gasteiger charge is -2.05. The van der Waals surface area contributed by atoms with Gasteiger partial charge in [0, 0.05) is 5.39 Å². The Bertz CT molecular complexity index is 1290. The molecule has 2 aromatic heterocycles. The Morgan fingerprint density at radius 3 is 2.37 bits per heavy atom. The van der Waals surface area contributed by atoms with Crippen LogP contribution in [-0.4, -0.2) is 26.5 Å². The van der Waals surface area contributed by atoms with E-state index in [9.17, 15) is 14.4 Å². The van der Waals surface area contributed by atoms with Gasteiger partial charge in [0.2, 0.25) is 0 Å². The number of benzene rings is 1. The molecule has 0 N–H and O–H groups in total. The fourth-order valence-corrected chi connectivity index (χ4v) is 3.11. The van der Waals surface area contributed by atoms with E-state index >= 15 is 0 Å². The summed E-state index contributed by atoms with van der Waals surface area (Å²) in [6.07, 6.45) is 0. The predicted molar refractivity (Wildman–Crippen MR) is 101 cm³/mol. The molecule has 0 atom stereocenters. The van der Waals surface area contributed by atoms with Gasteiger partial charge >= 0.3 is 17.3 Å². The number of fused-ring (bicyclic) bond motifs is 3. The largest absolute Gasteiger partial charge is 0.462 e. The van der Waals surface area contributed by atoms with Crippen molar-refractivity contribution in [3.8, 4) is 5.69 Å². The highest BCUT2D eigenvalue weighted by Gasteiger charge is 2.23. The highest BCUT2D eigenvalue weighted by Crippen LogP contribution is 2.24. The molecule has 0 bridgehead atoms. The number of hydrogen-bond acceptors (Lipinski definition) is 5. The number of carbonyl (C=O) groups excluding carboxylic acids is 1. The minimum Gasteiger partial charge on any atom is -0.462 e. The van der Waals surface area contributed by atoms with Crippen LogP contribution in [0.25, 0.3) is 22.2 Å². The van der Waals surface area contributed by atoms with Crippen LogP contribution in [0, 0.1) is 0 Å². The van der Waals surface area contributed by atoms with Crippen molar-refractivity contribution in [3.63, 3.8) is 0 Å². The van der Waals surface area contributed by atoms with E-state index < -0.39 is 17.3 Å². The molecule has 0 aliphatic heterocycles. The maximum Gasteiger partial charge on any atom is 0.358 e. The average Bonchev–Trinajstić information content (AvgIpc) is 2.79. The van der Waals surface area contributed by atoms with Crippen molar-refractivity contribution in [2.45, 2.75) is 6.92 Å². The Hall–Kier alpha value is -3.74. The number of esters is 1. The zero-order valence-corrected chi connectivity index (χ0v) is 14.5. The molecule has 7 nitrogen and oxygen atoms in total. The monoisotopic (exact) mass is 361 g/mol. The van der Waals surface area contributed by atoms with E-state index in [1.165, 1.54) is 4.40 Å². The zero-order chi connectivity index (χ0) is 19.0. The Balaban J connectivity index is 2.21. The van der Waals surface area contributed by atoms with Crippen molar-refractivity contribution in [2.24, 2.45) is 0 Å². The lowest BCUT2D eigenvalue weighted by molar-refractivity contribution is 0.0530. The molecule has 0 saturated carbocycles. The molecule has 7 heteroatoms. The SMILES string of the molecule is CCOC(=O)c1c2cccccc2n2c(=O)n(-c3ccccc3)c(=O)nc12. The van der Waals surface area contributed by atoms with Crippen molar-refractivity contribution in [3.05, 3.63) is 87.2 Å². The summed E-state index contributed by atoms with van der Waals surface area (Å²) in [5.74, 6) is -0.625. The van der Waals surface area contributed by atoms with Crippen molar-refractivity contribution in [1.29, 1.82) is 0 Å².